The summed E-state index contributed by atoms with van der Waals surface area (Å²) in [6, 6.07) is 16.0. The normalized spacial score (nSPS) is 9.21. The number of nitrogens with two attached hydrogens (primary N) is 1. The Morgan fingerprint density at radius 3 is 2.36 bits per heavy atom. The van der Waals surface area contributed by atoms with Crippen molar-refractivity contribution in [2.24, 2.45) is 0 Å². The van der Waals surface area contributed by atoms with Gasteiger partial charge in [0.05, 0.1) is 0 Å². The van der Waals surface area contributed by atoms with Crippen LogP contribution in [0.1, 0.15) is 18.9 Å². The molecule has 0 aromatic heterocycles. The summed E-state index contributed by atoms with van der Waals surface area (Å²) in [7, 11) is 0. The van der Waals surface area contributed by atoms with Crippen molar-refractivity contribution in [3.05, 3.63) is 54.1 Å². The van der Waals surface area contributed by atoms with Gasteiger partial charge in [0.25, 0.3) is 0 Å². The molecule has 0 atom stereocenters. The Labute approximate surface area is 85.9 Å². The zero-order chi connectivity index (χ0) is 10.2. The predicted octanol–water partition coefficient (Wildman–Crippen LogP) is 3.35. The molecule has 1 aromatic carbocycles. The van der Waals surface area contributed by atoms with E-state index in [0.717, 1.165) is 18.5 Å². The van der Waals surface area contributed by atoms with E-state index in [2.05, 4.69) is 25.1 Å². The van der Waals surface area contributed by atoms with Gasteiger partial charge in [-0.1, -0.05) is 49.7 Å². The number of hydrogen-bond donors (Lipinski definition) is 1. The Bertz CT molecular complexity index is 330. The van der Waals surface area contributed by atoms with Crippen molar-refractivity contribution in [1.82, 2.24) is 0 Å². The maximum Gasteiger partial charge on any atom is 0.0314 e. The zero-order valence-corrected chi connectivity index (χ0v) is 8.61. The van der Waals surface area contributed by atoms with E-state index in [1.807, 2.05) is 30.3 Å². The smallest absolute Gasteiger partial charge is 0.0314 e. The summed E-state index contributed by atoms with van der Waals surface area (Å²) in [5.74, 6) is 0. The summed E-state index contributed by atoms with van der Waals surface area (Å²) in [5, 5.41) is 0. The van der Waals surface area contributed by atoms with Crippen LogP contribution in [0.2, 0.25) is 0 Å². The highest BCUT2D eigenvalue weighted by molar-refractivity contribution is 5.35. The van der Waals surface area contributed by atoms with E-state index >= 15 is 0 Å². The number of anilines is 1. The standard InChI is InChI=1S/C13H17N/c1-2-7-12-8-5-3-4-6-9-13(14)11-10-12/h3-6,8-11H,2,7,14H2,1H3. The van der Waals surface area contributed by atoms with Gasteiger partial charge in [-0.05, 0) is 24.1 Å². The lowest BCUT2D eigenvalue weighted by atomic mass is 10.1. The van der Waals surface area contributed by atoms with E-state index in [1.165, 1.54) is 5.56 Å². The minimum absolute atomic E-state index is 0.790. The maximum atomic E-state index is 5.75. The largest absolute Gasteiger partial charge is 0.399 e. The van der Waals surface area contributed by atoms with Gasteiger partial charge < -0.3 is 5.73 Å². The van der Waals surface area contributed by atoms with Crippen molar-refractivity contribution in [2.75, 3.05) is 5.73 Å². The molecular weight excluding hydrogens is 170 g/mol. The average Bonchev–Trinajstić information content (AvgIpc) is 2.19. The minimum Gasteiger partial charge on any atom is -0.399 e. The second-order valence-electron chi connectivity index (χ2n) is 3.26. The molecule has 0 unspecified atom stereocenters. The minimum atomic E-state index is 0.790. The van der Waals surface area contributed by atoms with E-state index in [0.29, 0.717) is 0 Å². The van der Waals surface area contributed by atoms with Crippen LogP contribution in [0.25, 0.3) is 0 Å². The maximum absolute atomic E-state index is 5.75. The summed E-state index contributed by atoms with van der Waals surface area (Å²) in [6.07, 6.45) is 2.25. The molecule has 2 N–H and O–H groups in total. The topological polar surface area (TPSA) is 26.0 Å². The Hall–Kier alpha value is -1.50. The van der Waals surface area contributed by atoms with Gasteiger partial charge in [-0.2, -0.15) is 0 Å². The molecule has 1 heteroatoms. The second kappa shape index (κ2) is 6.03. The lowest BCUT2D eigenvalue weighted by Crippen LogP contribution is -1.82. The summed E-state index contributed by atoms with van der Waals surface area (Å²) in [6.45, 7) is 2.18. The van der Waals surface area contributed by atoms with E-state index in [1.54, 1.807) is 0 Å². The van der Waals surface area contributed by atoms with Crippen LogP contribution < -0.4 is 5.73 Å². The third kappa shape index (κ3) is 3.94. The van der Waals surface area contributed by atoms with Gasteiger partial charge in [0.15, 0.2) is 0 Å². The first-order valence-electron chi connectivity index (χ1n) is 5.00. The lowest BCUT2D eigenvalue weighted by molar-refractivity contribution is 0.923. The van der Waals surface area contributed by atoms with Crippen LogP contribution in [0.15, 0.2) is 48.5 Å². The molecule has 0 amide bonds. The quantitative estimate of drug-likeness (QED) is 0.755. The van der Waals surface area contributed by atoms with Gasteiger partial charge >= 0.3 is 0 Å². The number of rotatable bonds is 2. The molecule has 14 heavy (non-hydrogen) atoms. The van der Waals surface area contributed by atoms with Gasteiger partial charge in [-0.15, -0.1) is 0 Å². The third-order valence-corrected chi connectivity index (χ3v) is 1.96. The lowest BCUT2D eigenvalue weighted by Gasteiger charge is -1.93. The monoisotopic (exact) mass is 187 g/mol. The van der Waals surface area contributed by atoms with Crippen molar-refractivity contribution in [3.63, 3.8) is 0 Å². The Kier molecular flexibility index (Phi) is 4.56. The molecule has 0 spiro atoms. The van der Waals surface area contributed by atoms with Gasteiger partial charge in [0.1, 0.15) is 0 Å². The first-order chi connectivity index (χ1) is 6.83. The van der Waals surface area contributed by atoms with E-state index < -0.39 is 0 Å². The first-order valence-corrected chi connectivity index (χ1v) is 5.00. The van der Waals surface area contributed by atoms with E-state index in [-0.39, 0.29) is 0 Å². The van der Waals surface area contributed by atoms with Crippen molar-refractivity contribution in [3.8, 4) is 0 Å². The molecule has 0 bridgehead atoms. The summed E-state index contributed by atoms with van der Waals surface area (Å²) in [4.78, 5) is 0. The van der Waals surface area contributed by atoms with E-state index in [9.17, 15) is 0 Å². The fraction of sp³-hybridized carbons (Fsp3) is 0.231. The Balaban J connectivity index is 3.09. The molecule has 0 aliphatic carbocycles. The predicted molar refractivity (Wildman–Crippen MR) is 62.5 cm³/mol. The summed E-state index contributed by atoms with van der Waals surface area (Å²) in [5.41, 5.74) is 7.86. The fourth-order valence-electron chi connectivity index (χ4n) is 1.24. The molecule has 1 aromatic rings. The van der Waals surface area contributed by atoms with Gasteiger partial charge in [-0.3, -0.25) is 0 Å². The number of hydrogen-bond acceptors (Lipinski definition) is 1. The zero-order valence-electron chi connectivity index (χ0n) is 8.61. The van der Waals surface area contributed by atoms with Crippen molar-refractivity contribution < 1.29 is 0 Å². The average molecular weight is 187 g/mol. The Morgan fingerprint density at radius 2 is 1.64 bits per heavy atom. The summed E-state index contributed by atoms with van der Waals surface area (Å²) >= 11 is 0. The first kappa shape index (κ1) is 10.6. The third-order valence-electron chi connectivity index (χ3n) is 1.96. The molecule has 0 heterocycles. The molecule has 1 nitrogen and oxygen atoms in total. The van der Waals surface area contributed by atoms with E-state index in [4.69, 9.17) is 5.73 Å². The molecule has 0 saturated heterocycles. The highest BCUT2D eigenvalue weighted by atomic mass is 14.5. The second-order valence-corrected chi connectivity index (χ2v) is 3.26. The number of nitrogen functional groups attached to an aromatic ring is 1. The van der Waals surface area contributed by atoms with Crippen molar-refractivity contribution in [1.29, 1.82) is 0 Å². The van der Waals surface area contributed by atoms with Crippen LogP contribution in [0.4, 0.5) is 5.69 Å². The molecule has 0 aliphatic heterocycles. The highest BCUT2D eigenvalue weighted by Gasteiger charge is 1.84. The van der Waals surface area contributed by atoms with Crippen LogP contribution in [-0.4, -0.2) is 0 Å². The molecule has 74 valence electrons. The molecule has 0 radical (unpaired) electrons. The van der Waals surface area contributed by atoms with Gasteiger partial charge in [-0.25, -0.2) is 0 Å². The molecule has 0 saturated carbocycles. The molecule has 0 fully saturated rings. The number of aryl methyl sites for hydroxylation is 1. The molecule has 1 rings (SSSR count). The van der Waals surface area contributed by atoms with Gasteiger partial charge in [0, 0.05) is 5.69 Å². The highest BCUT2D eigenvalue weighted by Crippen LogP contribution is 2.02. The van der Waals surface area contributed by atoms with Crippen LogP contribution in [0, 0.1) is 0 Å². The van der Waals surface area contributed by atoms with Crippen LogP contribution in [-0.2, 0) is 6.42 Å². The summed E-state index contributed by atoms with van der Waals surface area (Å²) < 4.78 is 0. The Morgan fingerprint density at radius 1 is 0.929 bits per heavy atom. The molecule has 0 aliphatic rings. The van der Waals surface area contributed by atoms with Crippen molar-refractivity contribution >= 4 is 5.69 Å². The fourth-order valence-corrected chi connectivity index (χ4v) is 1.24. The molecular formula is C13H17N. The van der Waals surface area contributed by atoms with Crippen LogP contribution in [0.5, 0.6) is 0 Å². The van der Waals surface area contributed by atoms with Crippen molar-refractivity contribution in [2.45, 2.75) is 19.8 Å². The SMILES string of the molecule is CCCc1ccccccc(N)cc1. The van der Waals surface area contributed by atoms with Crippen LogP contribution in [0.3, 0.4) is 0 Å². The van der Waals surface area contributed by atoms with Gasteiger partial charge in [0.2, 0.25) is 0 Å². The van der Waals surface area contributed by atoms with Crippen LogP contribution >= 0.6 is 0 Å².